The van der Waals surface area contributed by atoms with Gasteiger partial charge in [-0.15, -0.1) is 0 Å². The minimum atomic E-state index is -0.981. The molecule has 1 unspecified atom stereocenters. The maximum absolute atomic E-state index is 12.6. The fourth-order valence-electron chi connectivity index (χ4n) is 1.91. The molecule has 0 saturated heterocycles. The van der Waals surface area contributed by atoms with Gasteiger partial charge in [-0.3, -0.25) is 4.79 Å². The van der Waals surface area contributed by atoms with E-state index in [1.807, 2.05) is 27.7 Å². The van der Waals surface area contributed by atoms with Gasteiger partial charge in [0.1, 0.15) is 5.75 Å². The zero-order valence-corrected chi connectivity index (χ0v) is 17.4. The van der Waals surface area contributed by atoms with Crippen molar-refractivity contribution < 1.29 is 9.53 Å². The molecule has 0 heterocycles. The summed E-state index contributed by atoms with van der Waals surface area (Å²) < 4.78 is 5.96. The molecular weight excluding hydrogens is 345 g/mol. The molecule has 1 amide bonds. The first-order valence-electron chi connectivity index (χ1n) is 8.58. The molecule has 24 heavy (non-hydrogen) atoms. The summed E-state index contributed by atoms with van der Waals surface area (Å²) >= 11 is 12.0. The Morgan fingerprint density at radius 3 is 2.04 bits per heavy atom. The van der Waals surface area contributed by atoms with Crippen LogP contribution in [0.5, 0.6) is 5.75 Å². The predicted octanol–water partition coefficient (Wildman–Crippen LogP) is 5.98. The highest BCUT2D eigenvalue weighted by atomic mass is 35.5. The maximum atomic E-state index is 12.6. The maximum Gasteiger partial charge on any atom is 0.264 e. The normalized spacial score (nSPS) is 13.1. The topological polar surface area (TPSA) is 38.3 Å². The van der Waals surface area contributed by atoms with Gasteiger partial charge in [0.2, 0.25) is 0 Å². The first-order valence-corrected chi connectivity index (χ1v) is 9.34. The fourth-order valence-corrected chi connectivity index (χ4v) is 2.41. The van der Waals surface area contributed by atoms with E-state index in [9.17, 15) is 4.79 Å². The molecule has 0 aliphatic carbocycles. The molecule has 1 aromatic carbocycles. The Kier molecular flexibility index (Phi) is 10.4. The van der Waals surface area contributed by atoms with Crippen LogP contribution < -0.4 is 10.1 Å². The molecule has 0 aliphatic heterocycles. The largest absolute Gasteiger partial charge is 0.477 e. The minimum Gasteiger partial charge on any atom is -0.477 e. The number of amides is 1. The second-order valence-electron chi connectivity index (χ2n) is 6.41. The second kappa shape index (κ2) is 10.8. The third kappa shape index (κ3) is 7.31. The molecule has 0 saturated carbocycles. The van der Waals surface area contributed by atoms with E-state index in [1.54, 1.807) is 25.1 Å². The molecule has 1 rings (SSSR count). The first kappa shape index (κ1) is 23.1. The van der Waals surface area contributed by atoms with Crippen LogP contribution in [0.25, 0.3) is 0 Å². The van der Waals surface area contributed by atoms with Crippen molar-refractivity contribution in [1.29, 1.82) is 0 Å². The molecule has 0 spiro atoms. The van der Waals surface area contributed by atoms with Crippen molar-refractivity contribution in [3.05, 3.63) is 28.2 Å². The highest BCUT2D eigenvalue weighted by molar-refractivity contribution is 6.34. The SMILES string of the molecule is CC.CC(C)CCNC(=O)C(C)(Oc1cc(Cl)cc(Cl)c1)C(C)C. The zero-order chi connectivity index (χ0) is 18.9. The quantitative estimate of drug-likeness (QED) is 0.636. The molecule has 138 valence electrons. The molecule has 5 heteroatoms. The Bertz CT molecular complexity index is 498. The van der Waals surface area contributed by atoms with E-state index in [0.717, 1.165) is 6.42 Å². The molecule has 1 aromatic rings. The average Bonchev–Trinajstić information content (AvgIpc) is 2.47. The Balaban J connectivity index is 0.00000254. The van der Waals surface area contributed by atoms with E-state index in [0.29, 0.717) is 28.3 Å². The molecule has 0 aliphatic rings. The van der Waals surface area contributed by atoms with Gasteiger partial charge in [-0.2, -0.15) is 0 Å². The van der Waals surface area contributed by atoms with Gasteiger partial charge in [-0.1, -0.05) is 64.7 Å². The second-order valence-corrected chi connectivity index (χ2v) is 7.28. The van der Waals surface area contributed by atoms with Crippen LogP contribution in [0, 0.1) is 11.8 Å². The Morgan fingerprint density at radius 1 is 1.12 bits per heavy atom. The molecule has 0 radical (unpaired) electrons. The summed E-state index contributed by atoms with van der Waals surface area (Å²) in [5.41, 5.74) is -0.981. The van der Waals surface area contributed by atoms with Crippen LogP contribution in [0.3, 0.4) is 0 Å². The van der Waals surface area contributed by atoms with Gasteiger partial charge in [0, 0.05) is 22.5 Å². The predicted molar refractivity (Wildman–Crippen MR) is 104 cm³/mol. The molecule has 1 atom stereocenters. The lowest BCUT2D eigenvalue weighted by Gasteiger charge is -2.33. The van der Waals surface area contributed by atoms with E-state index in [4.69, 9.17) is 27.9 Å². The van der Waals surface area contributed by atoms with Gasteiger partial charge in [0.05, 0.1) is 0 Å². The van der Waals surface area contributed by atoms with Gasteiger partial charge in [0.25, 0.3) is 5.91 Å². The summed E-state index contributed by atoms with van der Waals surface area (Å²) in [5.74, 6) is 0.898. The summed E-state index contributed by atoms with van der Waals surface area (Å²) in [4.78, 5) is 12.6. The monoisotopic (exact) mass is 375 g/mol. The number of carbonyl (C=O) groups is 1. The number of halogens is 2. The molecule has 0 fully saturated rings. The van der Waals surface area contributed by atoms with Crippen molar-refractivity contribution in [2.45, 2.75) is 60.5 Å². The third-order valence-corrected chi connectivity index (χ3v) is 4.16. The van der Waals surface area contributed by atoms with Gasteiger partial charge in [-0.05, 0) is 37.5 Å². The number of hydrogen-bond donors (Lipinski definition) is 1. The lowest BCUT2D eigenvalue weighted by molar-refractivity contribution is -0.139. The van der Waals surface area contributed by atoms with Crippen molar-refractivity contribution in [3.8, 4) is 5.75 Å². The fraction of sp³-hybridized carbons (Fsp3) is 0.632. The summed E-state index contributed by atoms with van der Waals surface area (Å²) in [6.45, 7) is 14.6. The van der Waals surface area contributed by atoms with Crippen molar-refractivity contribution in [2.24, 2.45) is 11.8 Å². The van der Waals surface area contributed by atoms with E-state index in [-0.39, 0.29) is 11.8 Å². The van der Waals surface area contributed by atoms with Gasteiger partial charge in [0.15, 0.2) is 5.60 Å². The van der Waals surface area contributed by atoms with Crippen LogP contribution in [-0.4, -0.2) is 18.1 Å². The van der Waals surface area contributed by atoms with Crippen molar-refractivity contribution >= 4 is 29.1 Å². The molecule has 0 aromatic heterocycles. The minimum absolute atomic E-state index is 0.00990. The van der Waals surface area contributed by atoms with Gasteiger partial charge >= 0.3 is 0 Å². The Labute approximate surface area is 157 Å². The highest BCUT2D eigenvalue weighted by Gasteiger charge is 2.39. The standard InChI is InChI=1S/C17H25Cl2NO2.C2H6/c1-11(2)6-7-20-16(21)17(5,12(3)4)22-15-9-13(18)8-14(19)10-15;1-2/h8-12H,6-7H2,1-5H3,(H,20,21);1-2H3. The summed E-state index contributed by atoms with van der Waals surface area (Å²) in [7, 11) is 0. The molecular formula is C19H31Cl2NO2. The van der Waals surface area contributed by atoms with Gasteiger partial charge in [-0.25, -0.2) is 0 Å². The Hall–Kier alpha value is -0.930. The first-order chi connectivity index (χ1) is 11.1. The van der Waals surface area contributed by atoms with E-state index >= 15 is 0 Å². The van der Waals surface area contributed by atoms with Crippen molar-refractivity contribution in [1.82, 2.24) is 5.32 Å². The number of rotatable bonds is 7. The van der Waals surface area contributed by atoms with Crippen LogP contribution in [0.15, 0.2) is 18.2 Å². The van der Waals surface area contributed by atoms with Gasteiger partial charge < -0.3 is 10.1 Å². The van der Waals surface area contributed by atoms with Crippen LogP contribution >= 0.6 is 23.2 Å². The number of benzene rings is 1. The van der Waals surface area contributed by atoms with Crippen LogP contribution in [0.2, 0.25) is 10.0 Å². The van der Waals surface area contributed by atoms with Crippen LogP contribution in [-0.2, 0) is 4.79 Å². The summed E-state index contributed by atoms with van der Waals surface area (Å²) in [6, 6.07) is 4.95. The highest BCUT2D eigenvalue weighted by Crippen LogP contribution is 2.30. The molecule has 1 N–H and O–H groups in total. The third-order valence-electron chi connectivity index (χ3n) is 3.73. The van der Waals surface area contributed by atoms with E-state index in [2.05, 4.69) is 19.2 Å². The molecule has 0 bridgehead atoms. The van der Waals surface area contributed by atoms with Crippen molar-refractivity contribution in [2.75, 3.05) is 6.54 Å². The Morgan fingerprint density at radius 2 is 1.62 bits per heavy atom. The van der Waals surface area contributed by atoms with Crippen LogP contribution in [0.1, 0.15) is 54.9 Å². The number of hydrogen-bond acceptors (Lipinski definition) is 2. The number of nitrogens with one attached hydrogen (secondary N) is 1. The van der Waals surface area contributed by atoms with E-state index in [1.165, 1.54) is 0 Å². The lowest BCUT2D eigenvalue weighted by Crippen LogP contribution is -2.52. The lowest BCUT2D eigenvalue weighted by atomic mass is 9.91. The average molecular weight is 376 g/mol. The smallest absolute Gasteiger partial charge is 0.264 e. The van der Waals surface area contributed by atoms with Crippen molar-refractivity contribution in [3.63, 3.8) is 0 Å². The zero-order valence-electron chi connectivity index (χ0n) is 15.9. The van der Waals surface area contributed by atoms with Crippen LogP contribution in [0.4, 0.5) is 0 Å². The molecule has 3 nitrogen and oxygen atoms in total. The number of carbonyl (C=O) groups excluding carboxylic acids is 1. The number of ether oxygens (including phenoxy) is 1. The summed E-state index contributed by atoms with van der Waals surface area (Å²) in [6.07, 6.45) is 0.933. The summed E-state index contributed by atoms with van der Waals surface area (Å²) in [5, 5.41) is 3.92. The van der Waals surface area contributed by atoms with E-state index < -0.39 is 5.60 Å².